The van der Waals surface area contributed by atoms with Crippen molar-refractivity contribution in [2.75, 3.05) is 0 Å². The van der Waals surface area contributed by atoms with E-state index in [2.05, 4.69) is 48.5 Å². The molecule has 21 heavy (non-hydrogen) atoms. The average Bonchev–Trinajstić information content (AvgIpc) is 3.11. The fraction of sp³-hybridized carbons (Fsp3) is 0.600. The summed E-state index contributed by atoms with van der Waals surface area (Å²) in [7, 11) is -0.366. The molecule has 0 N–H and O–H groups in total. The average molecular weight is 285 g/mol. The van der Waals surface area contributed by atoms with Crippen molar-refractivity contribution in [1.82, 2.24) is 14.8 Å². The van der Waals surface area contributed by atoms with Gasteiger partial charge in [0, 0.05) is 11.7 Å². The Labute approximate surface area is 124 Å². The number of hydrogen-bond acceptors (Lipinski definition) is 4. The Morgan fingerprint density at radius 3 is 2.43 bits per heavy atom. The highest BCUT2D eigenvalue weighted by molar-refractivity contribution is 6.62. The van der Waals surface area contributed by atoms with Crippen LogP contribution in [0.1, 0.15) is 46.6 Å². The van der Waals surface area contributed by atoms with Gasteiger partial charge in [-0.2, -0.15) is 5.10 Å². The maximum absolute atomic E-state index is 6.10. The summed E-state index contributed by atoms with van der Waals surface area (Å²) < 4.78 is 14.3. The fourth-order valence-electron chi connectivity index (χ4n) is 2.66. The van der Waals surface area contributed by atoms with Gasteiger partial charge in [0.1, 0.15) is 5.52 Å². The minimum Gasteiger partial charge on any atom is -0.399 e. The number of nitrogens with zero attached hydrogens (tertiary/aromatic N) is 3. The predicted octanol–water partition coefficient (Wildman–Crippen LogP) is 2.07. The Balaban J connectivity index is 1.73. The van der Waals surface area contributed by atoms with Crippen LogP contribution in [0.4, 0.5) is 0 Å². The Bertz CT molecular complexity index is 690. The van der Waals surface area contributed by atoms with Crippen molar-refractivity contribution in [3.05, 3.63) is 18.5 Å². The molecule has 0 unspecified atom stereocenters. The normalized spacial score (nSPS) is 23.9. The third kappa shape index (κ3) is 2.00. The second-order valence-electron chi connectivity index (χ2n) is 7.08. The molecule has 2 aromatic heterocycles. The van der Waals surface area contributed by atoms with E-state index in [-0.39, 0.29) is 18.3 Å². The van der Waals surface area contributed by atoms with E-state index in [1.54, 1.807) is 0 Å². The summed E-state index contributed by atoms with van der Waals surface area (Å²) >= 11 is 0. The molecule has 2 aliphatic rings. The molecule has 1 aliphatic carbocycles. The van der Waals surface area contributed by atoms with E-state index in [1.807, 2.05) is 12.4 Å². The molecule has 1 saturated carbocycles. The van der Waals surface area contributed by atoms with Crippen LogP contribution in [0.15, 0.2) is 18.5 Å². The number of aromatic nitrogens is 3. The summed E-state index contributed by atoms with van der Waals surface area (Å²) in [5.41, 5.74) is 2.31. The van der Waals surface area contributed by atoms with Gasteiger partial charge in [-0.3, -0.25) is 9.67 Å². The first-order valence-electron chi connectivity index (χ1n) is 7.56. The largest absolute Gasteiger partial charge is 0.496 e. The SMILES string of the molecule is CC1(C)OB(c2cnc3cnn(C4CC4)c3c2)OC1(C)C. The van der Waals surface area contributed by atoms with Gasteiger partial charge in [-0.15, -0.1) is 0 Å². The third-order valence-corrected chi connectivity index (χ3v) is 4.89. The Hall–Kier alpha value is -1.40. The quantitative estimate of drug-likeness (QED) is 0.792. The summed E-state index contributed by atoms with van der Waals surface area (Å²) in [6.45, 7) is 8.25. The monoisotopic (exact) mass is 285 g/mol. The minimum atomic E-state index is -0.366. The van der Waals surface area contributed by atoms with Crippen LogP contribution < -0.4 is 5.46 Å². The predicted molar refractivity (Wildman–Crippen MR) is 81.5 cm³/mol. The van der Waals surface area contributed by atoms with Gasteiger partial charge >= 0.3 is 7.12 Å². The molecule has 2 fully saturated rings. The van der Waals surface area contributed by atoms with Gasteiger partial charge in [-0.05, 0) is 46.6 Å². The molecule has 0 amide bonds. The lowest BCUT2D eigenvalue weighted by Crippen LogP contribution is -2.41. The maximum Gasteiger partial charge on any atom is 0.496 e. The van der Waals surface area contributed by atoms with E-state index in [0.717, 1.165) is 16.5 Å². The first-order valence-corrected chi connectivity index (χ1v) is 7.56. The summed E-state index contributed by atoms with van der Waals surface area (Å²) in [5, 5.41) is 4.45. The van der Waals surface area contributed by atoms with Crippen LogP contribution in [0.25, 0.3) is 11.0 Å². The third-order valence-electron chi connectivity index (χ3n) is 4.89. The van der Waals surface area contributed by atoms with E-state index in [9.17, 15) is 0 Å². The van der Waals surface area contributed by atoms with Gasteiger partial charge in [0.25, 0.3) is 0 Å². The first-order chi connectivity index (χ1) is 9.87. The number of fused-ring (bicyclic) bond motifs is 1. The molecule has 0 atom stereocenters. The van der Waals surface area contributed by atoms with E-state index in [1.165, 1.54) is 12.8 Å². The number of hydrogen-bond donors (Lipinski definition) is 0. The van der Waals surface area contributed by atoms with Crippen molar-refractivity contribution in [1.29, 1.82) is 0 Å². The highest BCUT2D eigenvalue weighted by atomic mass is 16.7. The molecule has 2 aromatic rings. The molecule has 5 nitrogen and oxygen atoms in total. The van der Waals surface area contributed by atoms with Gasteiger partial charge in [-0.25, -0.2) is 0 Å². The zero-order valence-corrected chi connectivity index (χ0v) is 13.0. The molecule has 1 aliphatic heterocycles. The van der Waals surface area contributed by atoms with Crippen molar-refractivity contribution in [2.45, 2.75) is 57.8 Å². The topological polar surface area (TPSA) is 49.2 Å². The lowest BCUT2D eigenvalue weighted by atomic mass is 9.80. The molecule has 0 bridgehead atoms. The second kappa shape index (κ2) is 4.08. The minimum absolute atomic E-state index is 0.330. The smallest absolute Gasteiger partial charge is 0.399 e. The van der Waals surface area contributed by atoms with Gasteiger partial charge < -0.3 is 9.31 Å². The van der Waals surface area contributed by atoms with E-state index in [4.69, 9.17) is 9.31 Å². The van der Waals surface area contributed by atoms with Crippen molar-refractivity contribution < 1.29 is 9.31 Å². The van der Waals surface area contributed by atoms with Gasteiger partial charge in [0.2, 0.25) is 0 Å². The van der Waals surface area contributed by atoms with Crippen LogP contribution in [0.3, 0.4) is 0 Å². The molecule has 6 heteroatoms. The summed E-state index contributed by atoms with van der Waals surface area (Å²) in [6, 6.07) is 2.65. The van der Waals surface area contributed by atoms with Crippen molar-refractivity contribution in [2.24, 2.45) is 0 Å². The van der Waals surface area contributed by atoms with Gasteiger partial charge in [-0.1, -0.05) is 0 Å². The van der Waals surface area contributed by atoms with Crippen molar-refractivity contribution >= 4 is 23.6 Å². The lowest BCUT2D eigenvalue weighted by molar-refractivity contribution is 0.00578. The van der Waals surface area contributed by atoms with Crippen LogP contribution in [0.2, 0.25) is 0 Å². The zero-order valence-electron chi connectivity index (χ0n) is 13.0. The van der Waals surface area contributed by atoms with E-state index in [0.29, 0.717) is 6.04 Å². The standard InChI is InChI=1S/C15H20BN3O2/c1-14(2)15(3,4)21-16(20-14)10-7-13-12(17-8-10)9-18-19(13)11-5-6-11/h7-9,11H,5-6H2,1-4H3. The maximum atomic E-state index is 6.10. The van der Waals surface area contributed by atoms with Gasteiger partial charge in [0.05, 0.1) is 29.0 Å². The summed E-state index contributed by atoms with van der Waals surface area (Å²) in [5.74, 6) is 0. The molecule has 4 rings (SSSR count). The summed E-state index contributed by atoms with van der Waals surface area (Å²) in [4.78, 5) is 4.51. The molecule has 0 aromatic carbocycles. The number of rotatable bonds is 2. The molecule has 0 spiro atoms. The van der Waals surface area contributed by atoms with E-state index >= 15 is 0 Å². The second-order valence-corrected chi connectivity index (χ2v) is 7.08. The van der Waals surface area contributed by atoms with Crippen molar-refractivity contribution in [3.8, 4) is 0 Å². The van der Waals surface area contributed by atoms with Crippen molar-refractivity contribution in [3.63, 3.8) is 0 Å². The van der Waals surface area contributed by atoms with Crippen LogP contribution in [-0.4, -0.2) is 33.1 Å². The molecule has 110 valence electrons. The molecule has 3 heterocycles. The van der Waals surface area contributed by atoms with Crippen LogP contribution in [0, 0.1) is 0 Å². The highest BCUT2D eigenvalue weighted by Crippen LogP contribution is 2.38. The van der Waals surface area contributed by atoms with Crippen LogP contribution >= 0.6 is 0 Å². The molecule has 1 saturated heterocycles. The Morgan fingerprint density at radius 1 is 1.14 bits per heavy atom. The zero-order chi connectivity index (χ0) is 14.8. The fourth-order valence-corrected chi connectivity index (χ4v) is 2.66. The lowest BCUT2D eigenvalue weighted by Gasteiger charge is -2.32. The van der Waals surface area contributed by atoms with Gasteiger partial charge in [0.15, 0.2) is 0 Å². The molecular weight excluding hydrogens is 265 g/mol. The van der Waals surface area contributed by atoms with Crippen LogP contribution in [-0.2, 0) is 9.31 Å². The highest BCUT2D eigenvalue weighted by Gasteiger charge is 2.51. The van der Waals surface area contributed by atoms with Crippen LogP contribution in [0.5, 0.6) is 0 Å². The van der Waals surface area contributed by atoms with E-state index < -0.39 is 0 Å². The molecular formula is C15H20BN3O2. The summed E-state index contributed by atoms with van der Waals surface area (Å²) in [6.07, 6.45) is 6.08. The Morgan fingerprint density at radius 2 is 1.81 bits per heavy atom. The molecule has 0 radical (unpaired) electrons. The Kier molecular flexibility index (Phi) is 2.58. The first kappa shape index (κ1) is 13.3. The number of pyridine rings is 1.